The van der Waals surface area contributed by atoms with E-state index in [1.807, 2.05) is 37.3 Å². The van der Waals surface area contributed by atoms with Gasteiger partial charge in [0.2, 0.25) is 0 Å². The Balaban J connectivity index is 1.39. The molecule has 1 N–H and O–H groups in total. The molecule has 8 heteroatoms. The van der Waals surface area contributed by atoms with Gasteiger partial charge in [-0.2, -0.15) is 0 Å². The molecule has 0 fully saturated rings. The second-order valence-electron chi connectivity index (χ2n) is 11.6. The van der Waals surface area contributed by atoms with E-state index in [2.05, 4.69) is 26.1 Å². The number of benzene rings is 2. The van der Waals surface area contributed by atoms with Crippen LogP contribution in [0, 0.1) is 17.2 Å². The van der Waals surface area contributed by atoms with Gasteiger partial charge in [0.05, 0.1) is 25.0 Å². The lowest BCUT2D eigenvalue weighted by atomic mass is 9.72. The van der Waals surface area contributed by atoms with E-state index in [0.29, 0.717) is 53.5 Å². The zero-order valence-electron chi connectivity index (χ0n) is 24.5. The molecule has 220 valence electrons. The second kappa shape index (κ2) is 12.9. The third-order valence-corrected chi connectivity index (χ3v) is 8.77. The van der Waals surface area contributed by atoms with E-state index in [-0.39, 0.29) is 17.1 Å². The summed E-state index contributed by atoms with van der Waals surface area (Å²) in [5, 5.41) is 3.73. The average Bonchev–Trinajstić information content (AvgIpc) is 3.62. The molecule has 0 saturated carbocycles. The number of hydrogen-bond acceptors (Lipinski definition) is 6. The number of carbonyl (C=O) groups excluding carboxylic acids is 1. The van der Waals surface area contributed by atoms with Gasteiger partial charge >= 0.3 is 0 Å². The van der Waals surface area contributed by atoms with Crippen LogP contribution in [-0.4, -0.2) is 18.7 Å². The normalized spacial score (nSPS) is 15.0. The highest BCUT2D eigenvalue weighted by Crippen LogP contribution is 2.45. The van der Waals surface area contributed by atoms with E-state index in [1.165, 1.54) is 17.0 Å². The van der Waals surface area contributed by atoms with E-state index in [9.17, 15) is 9.18 Å². The Morgan fingerprint density at radius 3 is 2.67 bits per heavy atom. The predicted molar refractivity (Wildman–Crippen MR) is 165 cm³/mol. The highest BCUT2D eigenvalue weighted by molar-refractivity contribution is 7.16. The van der Waals surface area contributed by atoms with Crippen LogP contribution in [0.1, 0.15) is 71.8 Å². The van der Waals surface area contributed by atoms with Crippen LogP contribution in [0.25, 0.3) is 0 Å². The molecule has 1 amide bonds. The molecular weight excluding hydrogens is 551 g/mol. The molecule has 2 aromatic heterocycles. The fourth-order valence-corrected chi connectivity index (χ4v) is 6.44. The van der Waals surface area contributed by atoms with Gasteiger partial charge in [-0.25, -0.2) is 9.38 Å². The summed E-state index contributed by atoms with van der Waals surface area (Å²) in [6.07, 6.45) is 6.24. The number of rotatable bonds is 10. The van der Waals surface area contributed by atoms with Gasteiger partial charge in [0.15, 0.2) is 11.5 Å². The van der Waals surface area contributed by atoms with Gasteiger partial charge in [0.1, 0.15) is 23.2 Å². The Morgan fingerprint density at radius 2 is 1.95 bits per heavy atom. The number of hydrogen-bond donors (Lipinski definition) is 1. The highest BCUT2D eigenvalue weighted by atomic mass is 32.1. The van der Waals surface area contributed by atoms with E-state index in [4.69, 9.17) is 18.9 Å². The fraction of sp³-hybridized carbons (Fsp3) is 0.353. The molecule has 0 unspecified atom stereocenters. The summed E-state index contributed by atoms with van der Waals surface area (Å²) in [5.41, 5.74) is 3.66. The van der Waals surface area contributed by atoms with Crippen molar-refractivity contribution in [2.45, 2.75) is 60.1 Å². The molecule has 4 aromatic rings. The van der Waals surface area contributed by atoms with Crippen LogP contribution in [0.5, 0.6) is 11.5 Å². The molecule has 5 rings (SSSR count). The minimum atomic E-state index is -0.281. The fourth-order valence-electron chi connectivity index (χ4n) is 5.17. The first-order valence-corrected chi connectivity index (χ1v) is 15.2. The molecule has 0 spiro atoms. The first kappa shape index (κ1) is 29.6. The number of amides is 1. The Bertz CT molecular complexity index is 1530. The van der Waals surface area contributed by atoms with Crippen molar-refractivity contribution < 1.29 is 23.1 Å². The summed E-state index contributed by atoms with van der Waals surface area (Å²) in [7, 11) is 0. The van der Waals surface area contributed by atoms with Crippen LogP contribution in [-0.2, 0) is 26.0 Å². The van der Waals surface area contributed by atoms with Crippen molar-refractivity contribution >= 4 is 28.5 Å². The van der Waals surface area contributed by atoms with Crippen LogP contribution >= 0.6 is 11.3 Å². The summed E-state index contributed by atoms with van der Waals surface area (Å²) < 4.78 is 30.5. The number of aliphatic imine (C=N–C) groups is 1. The van der Waals surface area contributed by atoms with Crippen molar-refractivity contribution in [1.82, 2.24) is 5.32 Å². The van der Waals surface area contributed by atoms with E-state index < -0.39 is 0 Å². The molecule has 0 radical (unpaired) electrons. The second-order valence-corrected chi connectivity index (χ2v) is 12.6. The summed E-state index contributed by atoms with van der Waals surface area (Å²) in [6.45, 7) is 9.86. The molecule has 0 saturated heterocycles. The van der Waals surface area contributed by atoms with Gasteiger partial charge in [-0.15, -0.1) is 11.3 Å². The zero-order valence-corrected chi connectivity index (χ0v) is 25.4. The standard InChI is InChI=1S/C34H37FN2O4S/c1-5-39-29-17-23(10-15-28(29)41-21-22-8-12-25(35)13-9-22)19-37-33-31(32(38)36-20-26-7-6-16-40-26)27-14-11-24(34(2,3)4)18-30(27)42-33/h6-10,12-13,15-17,19,24H,5,11,14,18,20-21H2,1-4H3,(H,36,38)/t24-/m0/s1. The Labute approximate surface area is 250 Å². The molecule has 6 nitrogen and oxygen atoms in total. The molecule has 2 aromatic carbocycles. The van der Waals surface area contributed by atoms with Crippen molar-refractivity contribution in [3.8, 4) is 11.5 Å². The number of thiophene rings is 1. The summed E-state index contributed by atoms with van der Waals surface area (Å²) in [4.78, 5) is 19.6. The quantitative estimate of drug-likeness (QED) is 0.189. The SMILES string of the molecule is CCOc1cc(C=Nc2sc3c(c2C(=O)NCc2ccco2)CC[C@H](C(C)(C)C)C3)ccc1OCc1ccc(F)cc1. The maximum absolute atomic E-state index is 13.5. The summed E-state index contributed by atoms with van der Waals surface area (Å²) in [5.74, 6) is 2.03. The largest absolute Gasteiger partial charge is 0.490 e. The van der Waals surface area contributed by atoms with Gasteiger partial charge < -0.3 is 19.2 Å². The number of carbonyl (C=O) groups is 1. The number of nitrogens with one attached hydrogen (secondary N) is 1. The van der Waals surface area contributed by atoms with Gasteiger partial charge in [0.25, 0.3) is 5.91 Å². The minimum absolute atomic E-state index is 0.134. The topological polar surface area (TPSA) is 73.1 Å². The van der Waals surface area contributed by atoms with Gasteiger partial charge in [-0.1, -0.05) is 32.9 Å². The maximum atomic E-state index is 13.5. The van der Waals surface area contributed by atoms with Crippen LogP contribution in [0.3, 0.4) is 0 Å². The number of furan rings is 1. The molecule has 0 aliphatic heterocycles. The van der Waals surface area contributed by atoms with Gasteiger partial charge in [-0.05, 0) is 96.7 Å². The van der Waals surface area contributed by atoms with Crippen molar-refractivity contribution in [3.63, 3.8) is 0 Å². The first-order valence-electron chi connectivity index (χ1n) is 14.3. The van der Waals surface area contributed by atoms with Crippen molar-refractivity contribution in [2.24, 2.45) is 16.3 Å². The number of halogens is 1. The molecule has 2 heterocycles. The predicted octanol–water partition coefficient (Wildman–Crippen LogP) is 8.29. The van der Waals surface area contributed by atoms with Crippen molar-refractivity contribution in [1.29, 1.82) is 0 Å². The Kier molecular flexibility index (Phi) is 9.12. The molecule has 1 atom stereocenters. The lowest BCUT2D eigenvalue weighted by molar-refractivity contribution is 0.0947. The van der Waals surface area contributed by atoms with Crippen LogP contribution in [0.4, 0.5) is 9.39 Å². The van der Waals surface area contributed by atoms with E-state index in [1.54, 1.807) is 35.9 Å². The van der Waals surface area contributed by atoms with Crippen LogP contribution in [0.15, 0.2) is 70.3 Å². The van der Waals surface area contributed by atoms with E-state index in [0.717, 1.165) is 36.0 Å². The zero-order chi connectivity index (χ0) is 29.7. The lowest BCUT2D eigenvalue weighted by Crippen LogP contribution is -2.28. The lowest BCUT2D eigenvalue weighted by Gasteiger charge is -2.33. The summed E-state index contributed by atoms with van der Waals surface area (Å²) in [6, 6.07) is 15.5. The first-order chi connectivity index (χ1) is 20.2. The third kappa shape index (κ3) is 7.10. The number of ether oxygens (including phenoxy) is 2. The smallest absolute Gasteiger partial charge is 0.255 e. The molecule has 0 bridgehead atoms. The summed E-state index contributed by atoms with van der Waals surface area (Å²) >= 11 is 1.61. The van der Waals surface area contributed by atoms with Gasteiger partial charge in [-0.3, -0.25) is 4.79 Å². The molecule has 1 aliphatic rings. The minimum Gasteiger partial charge on any atom is -0.490 e. The molecule has 42 heavy (non-hydrogen) atoms. The van der Waals surface area contributed by atoms with Gasteiger partial charge in [0, 0.05) is 11.1 Å². The Morgan fingerprint density at radius 1 is 1.14 bits per heavy atom. The molecule has 1 aliphatic carbocycles. The number of nitrogens with zero attached hydrogens (tertiary/aromatic N) is 1. The monoisotopic (exact) mass is 588 g/mol. The third-order valence-electron chi connectivity index (χ3n) is 7.61. The van der Waals surface area contributed by atoms with Crippen molar-refractivity contribution in [2.75, 3.05) is 6.61 Å². The maximum Gasteiger partial charge on any atom is 0.255 e. The number of fused-ring (bicyclic) bond motifs is 1. The Hall–Kier alpha value is -3.91. The van der Waals surface area contributed by atoms with Crippen LogP contribution in [0.2, 0.25) is 0 Å². The van der Waals surface area contributed by atoms with Crippen molar-refractivity contribution in [3.05, 3.63) is 99.6 Å². The van der Waals surface area contributed by atoms with E-state index >= 15 is 0 Å². The van der Waals surface area contributed by atoms with Crippen LogP contribution < -0.4 is 14.8 Å². The molecular formula is C34H37FN2O4S. The highest BCUT2D eigenvalue weighted by Gasteiger charge is 2.33. The average molecular weight is 589 g/mol.